The Bertz CT molecular complexity index is 613. The smallest absolute Gasteiger partial charge is 0.337 e. The highest BCUT2D eigenvalue weighted by atomic mass is 79.9. The molecular weight excluding hydrogens is 346 g/mol. The van der Waals surface area contributed by atoms with Gasteiger partial charge in [-0.05, 0) is 34.5 Å². The second-order valence-corrected chi connectivity index (χ2v) is 7.00. The predicted octanol–water partition coefficient (Wildman–Crippen LogP) is 2.20. The van der Waals surface area contributed by atoms with Crippen molar-refractivity contribution in [2.24, 2.45) is 0 Å². The van der Waals surface area contributed by atoms with Crippen molar-refractivity contribution in [3.05, 3.63) is 27.2 Å². The average Bonchev–Trinajstić information content (AvgIpc) is 2.17. The zero-order valence-corrected chi connectivity index (χ0v) is 12.2. The monoisotopic (exact) mass is 353 g/mol. The van der Waals surface area contributed by atoms with E-state index >= 15 is 0 Å². The van der Waals surface area contributed by atoms with Crippen LogP contribution in [0.2, 0.25) is 5.02 Å². The summed E-state index contributed by atoms with van der Waals surface area (Å²) in [4.78, 5) is 10.9. The van der Waals surface area contributed by atoms with E-state index in [1.807, 2.05) is 0 Å². The van der Waals surface area contributed by atoms with Crippen molar-refractivity contribution < 1.29 is 18.3 Å². The largest absolute Gasteiger partial charge is 0.478 e. The molecule has 1 saturated heterocycles. The molecule has 1 aliphatic rings. The Kier molecular flexibility index (Phi) is 3.68. The van der Waals surface area contributed by atoms with E-state index in [0.717, 1.165) is 12.5 Å². The minimum absolute atomic E-state index is 0.00920. The van der Waals surface area contributed by atoms with Gasteiger partial charge in [-0.3, -0.25) is 0 Å². The number of hydrogen-bond acceptors (Lipinski definition) is 3. The summed E-state index contributed by atoms with van der Waals surface area (Å²) in [7, 11) is -3.62. The summed E-state index contributed by atoms with van der Waals surface area (Å²) < 4.78 is 25.8. The Morgan fingerprint density at radius 2 is 2.00 bits per heavy atom. The molecule has 0 atom stereocenters. The summed E-state index contributed by atoms with van der Waals surface area (Å²) >= 11 is 8.87. The molecule has 2 rings (SSSR count). The van der Waals surface area contributed by atoms with Crippen molar-refractivity contribution in [1.29, 1.82) is 0 Å². The fourth-order valence-corrected chi connectivity index (χ4v) is 3.92. The van der Waals surface area contributed by atoms with Gasteiger partial charge in [0.1, 0.15) is 0 Å². The summed E-state index contributed by atoms with van der Waals surface area (Å²) in [6.07, 6.45) is 0.819. The van der Waals surface area contributed by atoms with E-state index in [2.05, 4.69) is 15.9 Å². The number of carboxylic acid groups (broad SMARTS) is 1. The molecule has 0 spiro atoms. The van der Waals surface area contributed by atoms with Crippen molar-refractivity contribution in [2.45, 2.75) is 11.3 Å². The number of halogens is 2. The van der Waals surface area contributed by atoms with E-state index in [0.29, 0.717) is 13.1 Å². The molecule has 1 aromatic rings. The van der Waals surface area contributed by atoms with Crippen LogP contribution in [0.3, 0.4) is 0 Å². The van der Waals surface area contributed by atoms with Crippen LogP contribution in [0, 0.1) is 0 Å². The molecule has 0 unspecified atom stereocenters. The molecular formula is C10H9BrClNO4S. The van der Waals surface area contributed by atoms with E-state index in [1.165, 1.54) is 10.4 Å². The minimum Gasteiger partial charge on any atom is -0.478 e. The lowest BCUT2D eigenvalue weighted by Gasteiger charge is -2.29. The molecule has 0 bridgehead atoms. The zero-order chi connectivity index (χ0) is 13.5. The van der Waals surface area contributed by atoms with E-state index < -0.39 is 16.0 Å². The van der Waals surface area contributed by atoms with Crippen LogP contribution in [0.4, 0.5) is 0 Å². The second kappa shape index (κ2) is 4.80. The summed E-state index contributed by atoms with van der Waals surface area (Å²) in [5.74, 6) is -1.26. The first kappa shape index (κ1) is 13.8. The summed E-state index contributed by atoms with van der Waals surface area (Å²) in [6.45, 7) is 0.927. The van der Waals surface area contributed by atoms with Crippen LogP contribution in [-0.2, 0) is 10.0 Å². The molecule has 0 amide bonds. The summed E-state index contributed by atoms with van der Waals surface area (Å²) in [5, 5.41) is 8.97. The third kappa shape index (κ3) is 2.27. The van der Waals surface area contributed by atoms with Crippen molar-refractivity contribution in [2.75, 3.05) is 13.1 Å². The van der Waals surface area contributed by atoms with Gasteiger partial charge in [0.05, 0.1) is 15.5 Å². The number of rotatable bonds is 3. The standard InChI is InChI=1S/C10H9BrClNO4S/c11-8-5-6(4-7(9(8)12)10(14)15)18(16,17)13-2-1-3-13/h4-5H,1-3H2,(H,14,15). The Labute approximate surface area is 118 Å². The normalized spacial score (nSPS) is 16.3. The van der Waals surface area contributed by atoms with E-state index in [-0.39, 0.29) is 20.0 Å². The summed E-state index contributed by atoms with van der Waals surface area (Å²) in [5.41, 5.74) is -0.231. The molecule has 18 heavy (non-hydrogen) atoms. The van der Waals surface area contributed by atoms with Crippen LogP contribution in [0.25, 0.3) is 0 Å². The van der Waals surface area contributed by atoms with E-state index in [1.54, 1.807) is 0 Å². The van der Waals surface area contributed by atoms with Gasteiger partial charge in [0.2, 0.25) is 10.0 Å². The van der Waals surface area contributed by atoms with Crippen LogP contribution >= 0.6 is 27.5 Å². The molecule has 1 fully saturated rings. The lowest BCUT2D eigenvalue weighted by molar-refractivity contribution is 0.0696. The Morgan fingerprint density at radius 3 is 2.44 bits per heavy atom. The fourth-order valence-electron chi connectivity index (χ4n) is 1.55. The lowest BCUT2D eigenvalue weighted by Crippen LogP contribution is -2.41. The molecule has 1 heterocycles. The van der Waals surface area contributed by atoms with Crippen LogP contribution in [0.15, 0.2) is 21.5 Å². The Balaban J connectivity index is 2.55. The van der Waals surface area contributed by atoms with Gasteiger partial charge in [-0.1, -0.05) is 11.6 Å². The number of carboxylic acids is 1. The van der Waals surface area contributed by atoms with Crippen LogP contribution < -0.4 is 0 Å². The SMILES string of the molecule is O=C(O)c1cc(S(=O)(=O)N2CCC2)cc(Br)c1Cl. The van der Waals surface area contributed by atoms with Gasteiger partial charge < -0.3 is 5.11 Å². The molecule has 0 aromatic heterocycles. The third-order valence-electron chi connectivity index (χ3n) is 2.68. The first-order valence-electron chi connectivity index (χ1n) is 5.06. The first-order chi connectivity index (χ1) is 8.34. The number of hydrogen-bond donors (Lipinski definition) is 1. The highest BCUT2D eigenvalue weighted by Gasteiger charge is 2.30. The molecule has 0 saturated carbocycles. The molecule has 8 heteroatoms. The second-order valence-electron chi connectivity index (χ2n) is 3.83. The van der Waals surface area contributed by atoms with Gasteiger partial charge in [0.15, 0.2) is 0 Å². The zero-order valence-electron chi connectivity index (χ0n) is 9.06. The minimum atomic E-state index is -3.62. The quantitative estimate of drug-likeness (QED) is 0.903. The van der Waals surface area contributed by atoms with Gasteiger partial charge in [-0.25, -0.2) is 13.2 Å². The molecule has 0 radical (unpaired) electrons. The topological polar surface area (TPSA) is 74.7 Å². The van der Waals surface area contributed by atoms with Gasteiger partial charge >= 0.3 is 5.97 Å². The number of carbonyl (C=O) groups is 1. The number of nitrogens with zero attached hydrogens (tertiary/aromatic N) is 1. The van der Waals surface area contributed by atoms with Gasteiger partial charge in [0, 0.05) is 17.6 Å². The highest BCUT2D eigenvalue weighted by Crippen LogP contribution is 2.32. The highest BCUT2D eigenvalue weighted by molar-refractivity contribution is 9.10. The van der Waals surface area contributed by atoms with Gasteiger partial charge in [-0.2, -0.15) is 4.31 Å². The lowest BCUT2D eigenvalue weighted by atomic mass is 10.2. The van der Waals surface area contributed by atoms with Gasteiger partial charge in [0.25, 0.3) is 0 Å². The Morgan fingerprint density at radius 1 is 1.39 bits per heavy atom. The number of aromatic carboxylic acids is 1. The van der Waals surface area contributed by atoms with Crippen LogP contribution in [0.5, 0.6) is 0 Å². The van der Waals surface area contributed by atoms with E-state index in [9.17, 15) is 13.2 Å². The van der Waals surface area contributed by atoms with Crippen molar-refractivity contribution in [3.63, 3.8) is 0 Å². The summed E-state index contributed by atoms with van der Waals surface area (Å²) in [6, 6.07) is 2.41. The van der Waals surface area contributed by atoms with Crippen LogP contribution in [0.1, 0.15) is 16.8 Å². The Hall–Kier alpha value is -0.630. The molecule has 5 nitrogen and oxygen atoms in total. The van der Waals surface area contributed by atoms with Crippen molar-refractivity contribution in [1.82, 2.24) is 4.31 Å². The number of sulfonamides is 1. The molecule has 0 aliphatic carbocycles. The maximum Gasteiger partial charge on any atom is 0.337 e. The first-order valence-corrected chi connectivity index (χ1v) is 7.67. The van der Waals surface area contributed by atoms with Crippen LogP contribution in [-0.4, -0.2) is 36.9 Å². The van der Waals surface area contributed by atoms with E-state index in [4.69, 9.17) is 16.7 Å². The maximum absolute atomic E-state index is 12.1. The third-order valence-corrected chi connectivity index (χ3v) is 5.82. The van der Waals surface area contributed by atoms with Crippen molar-refractivity contribution >= 4 is 43.5 Å². The molecule has 1 N–H and O–H groups in total. The molecule has 1 aromatic carbocycles. The molecule has 98 valence electrons. The molecule has 1 aliphatic heterocycles. The average molecular weight is 355 g/mol. The number of benzene rings is 1. The maximum atomic E-state index is 12.1. The predicted molar refractivity (Wildman–Crippen MR) is 69.5 cm³/mol. The van der Waals surface area contributed by atoms with Gasteiger partial charge in [-0.15, -0.1) is 0 Å². The van der Waals surface area contributed by atoms with Crippen molar-refractivity contribution in [3.8, 4) is 0 Å². The fraction of sp³-hybridized carbons (Fsp3) is 0.300.